The van der Waals surface area contributed by atoms with Crippen molar-refractivity contribution in [2.24, 2.45) is 0 Å². The van der Waals surface area contributed by atoms with Crippen molar-refractivity contribution in [2.75, 3.05) is 0 Å². The molecule has 0 aliphatic heterocycles. The summed E-state index contributed by atoms with van der Waals surface area (Å²) >= 11 is 0. The largest absolute Gasteiger partial charge is 0.287 e. The first-order valence-electron chi connectivity index (χ1n) is 13.1. The fraction of sp³-hybridized carbons (Fsp3) is 0.0588. The summed E-state index contributed by atoms with van der Waals surface area (Å²) in [6.07, 6.45) is 0. The van der Waals surface area contributed by atoms with Crippen LogP contribution in [0.4, 0.5) is 0 Å². The predicted octanol–water partition coefficient (Wildman–Crippen LogP) is 5.73. The number of amides is 2. The van der Waals surface area contributed by atoms with Crippen molar-refractivity contribution in [3.05, 3.63) is 179 Å². The van der Waals surface area contributed by atoms with E-state index in [9.17, 15) is 9.59 Å². The lowest BCUT2D eigenvalue weighted by atomic mass is 9.99. The molecule has 5 aromatic carbocycles. The summed E-state index contributed by atoms with van der Waals surface area (Å²) in [5.74, 6) is -0.683. The van der Waals surface area contributed by atoms with Crippen LogP contribution < -0.4 is 21.7 Å². The van der Waals surface area contributed by atoms with Crippen molar-refractivity contribution in [2.45, 2.75) is 12.1 Å². The summed E-state index contributed by atoms with van der Waals surface area (Å²) < 4.78 is 0. The fourth-order valence-electron chi connectivity index (χ4n) is 4.52. The molecule has 2 amide bonds. The van der Waals surface area contributed by atoms with Crippen molar-refractivity contribution in [1.82, 2.24) is 21.7 Å². The second-order valence-corrected chi connectivity index (χ2v) is 9.29. The van der Waals surface area contributed by atoms with Crippen LogP contribution in [-0.4, -0.2) is 11.8 Å². The molecule has 0 aromatic heterocycles. The first-order chi connectivity index (χ1) is 19.7. The van der Waals surface area contributed by atoms with E-state index in [-0.39, 0.29) is 23.9 Å². The third kappa shape index (κ3) is 6.69. The van der Waals surface area contributed by atoms with E-state index in [4.69, 9.17) is 0 Å². The van der Waals surface area contributed by atoms with Crippen LogP contribution in [-0.2, 0) is 0 Å². The highest BCUT2D eigenvalue weighted by atomic mass is 16.2. The average Bonchev–Trinajstić information content (AvgIpc) is 3.03. The maximum Gasteiger partial charge on any atom is 0.265 e. The fourth-order valence-corrected chi connectivity index (χ4v) is 4.52. The Labute approximate surface area is 234 Å². The van der Waals surface area contributed by atoms with Crippen molar-refractivity contribution < 1.29 is 9.59 Å². The highest BCUT2D eigenvalue weighted by Crippen LogP contribution is 2.22. The van der Waals surface area contributed by atoms with E-state index in [2.05, 4.69) is 21.7 Å². The molecular weight excluding hydrogens is 496 g/mol. The Kier molecular flexibility index (Phi) is 8.73. The van der Waals surface area contributed by atoms with E-state index < -0.39 is 0 Å². The van der Waals surface area contributed by atoms with Gasteiger partial charge in [-0.25, -0.2) is 10.9 Å². The number of carbonyl (C=O) groups excluding carboxylic acids is 2. The van der Waals surface area contributed by atoms with Gasteiger partial charge in [-0.05, 0) is 40.5 Å². The van der Waals surface area contributed by atoms with Crippen molar-refractivity contribution >= 4 is 11.8 Å². The SMILES string of the molecule is O=C(NNC(c1ccccc1)c1ccccc1)c1cccc(C(=O)NNC(c2ccccc2)c2ccccc2)c1. The van der Waals surface area contributed by atoms with Gasteiger partial charge in [-0.2, -0.15) is 0 Å². The second kappa shape index (κ2) is 13.2. The Morgan fingerprint density at radius 2 is 0.700 bits per heavy atom. The Hall–Kier alpha value is -5.04. The maximum absolute atomic E-state index is 13.1. The second-order valence-electron chi connectivity index (χ2n) is 9.29. The van der Waals surface area contributed by atoms with E-state index in [1.54, 1.807) is 24.3 Å². The summed E-state index contributed by atoms with van der Waals surface area (Å²) in [6, 6.07) is 45.7. The van der Waals surface area contributed by atoms with Crippen LogP contribution in [0.25, 0.3) is 0 Å². The lowest BCUT2D eigenvalue weighted by molar-refractivity contribution is 0.0928. The normalized spacial score (nSPS) is 10.8. The van der Waals surface area contributed by atoms with Crippen LogP contribution in [0.15, 0.2) is 146 Å². The van der Waals surface area contributed by atoms with Gasteiger partial charge in [0.1, 0.15) is 0 Å². The number of carbonyl (C=O) groups is 2. The van der Waals surface area contributed by atoms with Gasteiger partial charge in [0.25, 0.3) is 11.8 Å². The van der Waals surface area contributed by atoms with Crippen LogP contribution >= 0.6 is 0 Å². The molecule has 5 rings (SSSR count). The molecule has 0 saturated heterocycles. The molecule has 0 unspecified atom stereocenters. The molecule has 6 heteroatoms. The number of hydrogen-bond acceptors (Lipinski definition) is 4. The van der Waals surface area contributed by atoms with E-state index in [1.165, 1.54) is 0 Å². The van der Waals surface area contributed by atoms with Gasteiger partial charge in [-0.1, -0.05) is 127 Å². The van der Waals surface area contributed by atoms with Crippen LogP contribution in [0.1, 0.15) is 55.1 Å². The standard InChI is InChI=1S/C34H30N4O2/c39-33(37-35-31(25-14-5-1-6-15-25)26-16-7-2-8-17-26)29-22-13-23-30(24-29)34(40)38-36-32(27-18-9-3-10-19-27)28-20-11-4-12-21-28/h1-24,31-32,35-36H,(H,37,39)(H,38,40). The maximum atomic E-state index is 13.1. The highest BCUT2D eigenvalue weighted by molar-refractivity contribution is 5.99. The Bertz CT molecular complexity index is 1330. The van der Waals surface area contributed by atoms with Gasteiger partial charge in [-0.3, -0.25) is 20.4 Å². The first-order valence-corrected chi connectivity index (χ1v) is 13.1. The topological polar surface area (TPSA) is 82.3 Å². The quantitative estimate of drug-likeness (QED) is 0.175. The minimum absolute atomic E-state index is 0.241. The van der Waals surface area contributed by atoms with Gasteiger partial charge < -0.3 is 0 Å². The molecule has 0 aliphatic carbocycles. The zero-order valence-electron chi connectivity index (χ0n) is 21.8. The Morgan fingerprint density at radius 1 is 0.400 bits per heavy atom. The van der Waals surface area contributed by atoms with Crippen molar-refractivity contribution in [3.8, 4) is 0 Å². The van der Waals surface area contributed by atoms with Crippen molar-refractivity contribution in [3.63, 3.8) is 0 Å². The van der Waals surface area contributed by atoms with Crippen molar-refractivity contribution in [1.29, 1.82) is 0 Å². The lowest BCUT2D eigenvalue weighted by Gasteiger charge is -2.21. The molecule has 0 bridgehead atoms. The minimum atomic E-state index is -0.342. The molecule has 6 nitrogen and oxygen atoms in total. The lowest BCUT2D eigenvalue weighted by Crippen LogP contribution is -2.41. The monoisotopic (exact) mass is 526 g/mol. The Morgan fingerprint density at radius 3 is 1.00 bits per heavy atom. The molecule has 4 N–H and O–H groups in total. The number of hydrogen-bond donors (Lipinski definition) is 4. The first kappa shape index (κ1) is 26.6. The van der Waals surface area contributed by atoms with E-state index in [0.29, 0.717) is 11.1 Å². The van der Waals surface area contributed by atoms with Gasteiger partial charge in [0.2, 0.25) is 0 Å². The minimum Gasteiger partial charge on any atom is -0.287 e. The van der Waals surface area contributed by atoms with Gasteiger partial charge in [-0.15, -0.1) is 0 Å². The molecular formula is C34H30N4O2. The molecule has 0 saturated carbocycles. The summed E-state index contributed by atoms with van der Waals surface area (Å²) in [6.45, 7) is 0. The van der Waals surface area contributed by atoms with Crippen LogP contribution in [0, 0.1) is 0 Å². The molecule has 5 aromatic rings. The van der Waals surface area contributed by atoms with Gasteiger partial charge in [0.05, 0.1) is 12.1 Å². The summed E-state index contributed by atoms with van der Waals surface area (Å²) in [4.78, 5) is 26.2. The zero-order chi connectivity index (χ0) is 27.6. The third-order valence-corrected chi connectivity index (χ3v) is 6.58. The van der Waals surface area contributed by atoms with Gasteiger partial charge in [0, 0.05) is 11.1 Å². The predicted molar refractivity (Wildman–Crippen MR) is 157 cm³/mol. The summed E-state index contributed by atoms with van der Waals surface area (Å²) in [5, 5.41) is 0. The molecule has 0 fully saturated rings. The van der Waals surface area contributed by atoms with E-state index in [0.717, 1.165) is 22.3 Å². The molecule has 0 aliphatic rings. The zero-order valence-corrected chi connectivity index (χ0v) is 21.8. The van der Waals surface area contributed by atoms with E-state index >= 15 is 0 Å². The number of hydrazine groups is 2. The highest BCUT2D eigenvalue weighted by Gasteiger charge is 2.18. The number of benzene rings is 5. The average molecular weight is 527 g/mol. The summed E-state index contributed by atoms with van der Waals surface area (Å²) in [7, 11) is 0. The van der Waals surface area contributed by atoms with Crippen LogP contribution in [0.2, 0.25) is 0 Å². The van der Waals surface area contributed by atoms with Gasteiger partial charge in [0.15, 0.2) is 0 Å². The van der Waals surface area contributed by atoms with Gasteiger partial charge >= 0.3 is 0 Å². The van der Waals surface area contributed by atoms with E-state index in [1.807, 2.05) is 121 Å². The number of rotatable bonds is 10. The summed E-state index contributed by atoms with van der Waals surface area (Å²) in [5.41, 5.74) is 16.7. The molecule has 40 heavy (non-hydrogen) atoms. The third-order valence-electron chi connectivity index (χ3n) is 6.58. The molecule has 0 atom stereocenters. The Balaban J connectivity index is 1.27. The molecule has 0 radical (unpaired) electrons. The van der Waals surface area contributed by atoms with Crippen LogP contribution in [0.3, 0.4) is 0 Å². The van der Waals surface area contributed by atoms with Crippen LogP contribution in [0.5, 0.6) is 0 Å². The number of nitrogens with one attached hydrogen (secondary N) is 4. The molecule has 198 valence electrons. The molecule has 0 spiro atoms. The molecule has 0 heterocycles. The smallest absolute Gasteiger partial charge is 0.265 e.